The van der Waals surface area contributed by atoms with Gasteiger partial charge in [0.25, 0.3) is 0 Å². The molecule has 14 nitrogen and oxygen atoms in total. The molecule has 0 radical (unpaired) electrons. The molecule has 534 valence electrons. The first kappa shape index (κ1) is 85.3. The first-order valence-corrected chi connectivity index (χ1v) is 37.8. The largest absolute Gasteiger partial charge is 0.394 e. The molecule has 1 amide bonds. The maximum absolute atomic E-state index is 13.4. The number of carbonyl (C=O) groups is 1. The molecule has 0 spiro atoms. The van der Waals surface area contributed by atoms with Gasteiger partial charge in [-0.15, -0.1) is 0 Å². The second-order valence-corrected chi connectivity index (χ2v) is 26.4. The summed E-state index contributed by atoms with van der Waals surface area (Å²) in [4.78, 5) is 13.4. The molecule has 2 aliphatic rings. The summed E-state index contributed by atoms with van der Waals surface area (Å²) in [5.74, 6) is -0.246. The Morgan fingerprint density at radius 1 is 0.402 bits per heavy atom. The van der Waals surface area contributed by atoms with E-state index >= 15 is 0 Å². The Labute approximate surface area is 561 Å². The lowest BCUT2D eigenvalue weighted by Gasteiger charge is -2.46. The van der Waals surface area contributed by atoms with Crippen molar-refractivity contribution in [1.82, 2.24) is 5.32 Å². The van der Waals surface area contributed by atoms with Crippen LogP contribution in [0.5, 0.6) is 0 Å². The van der Waals surface area contributed by atoms with E-state index in [9.17, 15) is 45.6 Å². The molecular formula is C78H139NO13. The highest BCUT2D eigenvalue weighted by molar-refractivity contribution is 5.76. The van der Waals surface area contributed by atoms with Crippen LogP contribution in [0.2, 0.25) is 0 Å². The van der Waals surface area contributed by atoms with E-state index in [4.69, 9.17) is 18.9 Å². The van der Waals surface area contributed by atoms with E-state index in [2.05, 4.69) is 92.1 Å². The monoisotopic (exact) mass is 1300 g/mol. The number of unbranched alkanes of at least 4 members (excludes halogenated alkanes) is 37. The van der Waals surface area contributed by atoms with Gasteiger partial charge in [0.1, 0.15) is 48.8 Å². The number of amides is 1. The number of nitrogens with one attached hydrogen (secondary N) is 1. The van der Waals surface area contributed by atoms with Crippen LogP contribution in [-0.4, -0.2) is 140 Å². The molecule has 2 fully saturated rings. The Bertz CT molecular complexity index is 1870. The highest BCUT2D eigenvalue weighted by Crippen LogP contribution is 2.30. The minimum atomic E-state index is -1.79. The van der Waals surface area contributed by atoms with Gasteiger partial charge in [0.2, 0.25) is 5.91 Å². The van der Waals surface area contributed by atoms with Gasteiger partial charge in [0, 0.05) is 6.42 Å². The van der Waals surface area contributed by atoms with E-state index in [0.29, 0.717) is 12.8 Å². The molecule has 12 unspecified atom stereocenters. The van der Waals surface area contributed by atoms with E-state index in [1.165, 1.54) is 212 Å². The highest BCUT2D eigenvalue weighted by Gasteiger charge is 2.51. The van der Waals surface area contributed by atoms with Crippen LogP contribution < -0.4 is 5.32 Å². The summed E-state index contributed by atoms with van der Waals surface area (Å²) in [6, 6.07) is -0.934. The minimum absolute atomic E-state index is 0.246. The third-order valence-electron chi connectivity index (χ3n) is 18.1. The minimum Gasteiger partial charge on any atom is -0.394 e. The molecule has 0 aromatic carbocycles. The second kappa shape index (κ2) is 61.7. The van der Waals surface area contributed by atoms with Gasteiger partial charge in [-0.1, -0.05) is 311 Å². The lowest BCUT2D eigenvalue weighted by molar-refractivity contribution is -0.359. The molecule has 0 aromatic rings. The Kier molecular flexibility index (Phi) is 57.2. The van der Waals surface area contributed by atoms with Gasteiger partial charge in [0.15, 0.2) is 12.6 Å². The normalized spacial score (nSPS) is 23.2. The van der Waals surface area contributed by atoms with E-state index in [1.807, 2.05) is 6.08 Å². The molecule has 14 heteroatoms. The SMILES string of the molecule is CC/C=C\C/C=C\C/C=C\C/C=C\C/C=C\CCCCCCCCCCCCCCCCCCCCCCCC(=O)NC(COC1OC(CO)C(OC2OC(CO)C(O)C(O)C2O)C(O)C1O)C(O)/C=C/CC/C=C/CCCCCCCCCCCCCCCCC. The topological polar surface area (TPSA) is 228 Å². The van der Waals surface area contributed by atoms with Gasteiger partial charge >= 0.3 is 0 Å². The van der Waals surface area contributed by atoms with Crippen molar-refractivity contribution in [3.63, 3.8) is 0 Å². The van der Waals surface area contributed by atoms with Crippen molar-refractivity contribution >= 4 is 5.91 Å². The van der Waals surface area contributed by atoms with Gasteiger partial charge < -0.3 is 65.1 Å². The van der Waals surface area contributed by atoms with Crippen molar-refractivity contribution < 1.29 is 64.6 Å². The highest BCUT2D eigenvalue weighted by atomic mass is 16.7. The summed E-state index contributed by atoms with van der Waals surface area (Å²) in [6.45, 7) is 2.70. The van der Waals surface area contributed by atoms with E-state index in [-0.39, 0.29) is 18.9 Å². The third kappa shape index (κ3) is 44.8. The molecule has 92 heavy (non-hydrogen) atoms. The van der Waals surface area contributed by atoms with Crippen molar-refractivity contribution in [2.24, 2.45) is 0 Å². The number of rotatable bonds is 62. The van der Waals surface area contributed by atoms with E-state index < -0.39 is 86.8 Å². The van der Waals surface area contributed by atoms with Crippen LogP contribution in [0.25, 0.3) is 0 Å². The van der Waals surface area contributed by atoms with Crippen LogP contribution >= 0.6 is 0 Å². The summed E-state index contributed by atoms with van der Waals surface area (Å²) < 4.78 is 22.9. The number of aliphatic hydroxyl groups is 8. The maximum atomic E-state index is 13.4. The Hall–Kier alpha value is -2.83. The zero-order valence-corrected chi connectivity index (χ0v) is 58.3. The Morgan fingerprint density at radius 2 is 0.761 bits per heavy atom. The zero-order valence-electron chi connectivity index (χ0n) is 58.3. The van der Waals surface area contributed by atoms with E-state index in [1.54, 1.807) is 6.08 Å². The van der Waals surface area contributed by atoms with Crippen LogP contribution in [-0.2, 0) is 23.7 Å². The summed E-state index contributed by atoms with van der Waals surface area (Å²) in [6.07, 6.45) is 69.4. The average molecular weight is 1300 g/mol. The molecule has 2 heterocycles. The average Bonchev–Trinajstić information content (AvgIpc) is 0.915. The predicted molar refractivity (Wildman–Crippen MR) is 378 cm³/mol. The molecular weight excluding hydrogens is 1160 g/mol. The van der Waals surface area contributed by atoms with Crippen molar-refractivity contribution in [2.45, 2.75) is 383 Å². The molecule has 9 N–H and O–H groups in total. The molecule has 0 saturated carbocycles. The lowest BCUT2D eigenvalue weighted by atomic mass is 9.97. The van der Waals surface area contributed by atoms with Crippen LogP contribution in [0.1, 0.15) is 309 Å². The summed E-state index contributed by atoms with van der Waals surface area (Å²) >= 11 is 0. The van der Waals surface area contributed by atoms with Crippen LogP contribution in [0.4, 0.5) is 0 Å². The smallest absolute Gasteiger partial charge is 0.220 e. The lowest BCUT2D eigenvalue weighted by Crippen LogP contribution is -2.65. The van der Waals surface area contributed by atoms with Gasteiger partial charge in [-0.2, -0.15) is 0 Å². The van der Waals surface area contributed by atoms with Gasteiger partial charge in [-0.3, -0.25) is 4.79 Å². The Balaban J connectivity index is 1.61. The quantitative estimate of drug-likeness (QED) is 0.0204. The first-order valence-electron chi connectivity index (χ1n) is 37.8. The van der Waals surface area contributed by atoms with E-state index in [0.717, 1.165) is 64.2 Å². The number of ether oxygens (including phenoxy) is 4. The fourth-order valence-electron chi connectivity index (χ4n) is 12.1. The second-order valence-electron chi connectivity index (χ2n) is 26.4. The Morgan fingerprint density at radius 3 is 1.20 bits per heavy atom. The number of aliphatic hydroxyl groups excluding tert-OH is 8. The molecule has 0 aromatic heterocycles. The fourth-order valence-corrected chi connectivity index (χ4v) is 12.1. The standard InChI is InChI=1S/C78H139NO13/c1-3-5-7-9-11-13-15-17-19-21-23-25-26-27-28-29-30-31-32-33-34-35-36-37-38-39-40-42-44-46-48-50-52-54-56-58-60-62-70(83)79-66(67(82)61-59-57-55-53-51-49-47-45-43-41-24-22-20-18-16-14-12-10-8-6-4-2)65-89-77-75(88)73(86)76(69(64-81)91-77)92-78-74(87)72(85)71(84)68(63-80)90-78/h5,7,11,13,17,19,23,25,27-28,51,53,59,61,66-69,71-78,80-82,84-88H,3-4,6,8-10,12,14-16,18,20-22,24,26,29-50,52,54-58,60,62-65H2,1-2H3,(H,79,83)/b7-5-,13-11-,19-17-,25-23-,28-27-,53-51+,61-59+. The first-order chi connectivity index (χ1) is 45.1. The molecule has 0 bridgehead atoms. The molecule has 2 rings (SSSR count). The predicted octanol–water partition coefficient (Wildman–Crippen LogP) is 16.4. The van der Waals surface area contributed by atoms with Crippen molar-refractivity contribution in [3.8, 4) is 0 Å². The molecule has 0 aliphatic carbocycles. The van der Waals surface area contributed by atoms with Gasteiger partial charge in [-0.05, 0) is 77.0 Å². The van der Waals surface area contributed by atoms with Crippen LogP contribution in [0.15, 0.2) is 85.1 Å². The fraction of sp³-hybridized carbons (Fsp3) is 0.808. The van der Waals surface area contributed by atoms with Crippen molar-refractivity contribution in [3.05, 3.63) is 85.1 Å². The van der Waals surface area contributed by atoms with Gasteiger partial charge in [0.05, 0.1) is 32.0 Å². The molecule has 12 atom stereocenters. The van der Waals surface area contributed by atoms with Crippen molar-refractivity contribution in [1.29, 1.82) is 0 Å². The van der Waals surface area contributed by atoms with Crippen LogP contribution in [0.3, 0.4) is 0 Å². The number of hydrogen-bond donors (Lipinski definition) is 9. The van der Waals surface area contributed by atoms with Gasteiger partial charge in [-0.25, -0.2) is 0 Å². The molecule has 2 saturated heterocycles. The number of hydrogen-bond acceptors (Lipinski definition) is 13. The summed E-state index contributed by atoms with van der Waals surface area (Å²) in [5, 5.41) is 87.5. The van der Waals surface area contributed by atoms with Crippen LogP contribution in [0, 0.1) is 0 Å². The third-order valence-corrected chi connectivity index (χ3v) is 18.1. The number of allylic oxidation sites excluding steroid dienone is 13. The maximum Gasteiger partial charge on any atom is 0.220 e. The zero-order chi connectivity index (χ0) is 66.6. The molecule has 2 aliphatic heterocycles. The summed E-state index contributed by atoms with van der Waals surface area (Å²) in [5.41, 5.74) is 0. The van der Waals surface area contributed by atoms with Crippen molar-refractivity contribution in [2.75, 3.05) is 19.8 Å². The summed E-state index contributed by atoms with van der Waals surface area (Å²) in [7, 11) is 0. The number of carbonyl (C=O) groups excluding carboxylic acids is 1.